The van der Waals surface area contributed by atoms with Crippen LogP contribution in [0.15, 0.2) is 24.5 Å². The van der Waals surface area contributed by atoms with Crippen LogP contribution in [0.3, 0.4) is 0 Å². The number of carbonyl (C=O) groups excluding carboxylic acids is 1. The molecule has 1 aromatic carbocycles. The number of aromatic nitrogens is 2. The third-order valence-corrected chi connectivity index (χ3v) is 4.37. The van der Waals surface area contributed by atoms with Gasteiger partial charge in [-0.05, 0) is 30.5 Å². The van der Waals surface area contributed by atoms with Crippen molar-refractivity contribution >= 4 is 16.9 Å². The van der Waals surface area contributed by atoms with E-state index in [0.29, 0.717) is 12.5 Å². The summed E-state index contributed by atoms with van der Waals surface area (Å²) < 4.78 is 1.99. The number of hydrogen-bond acceptors (Lipinski definition) is 2. The molecule has 1 aliphatic rings. The number of benzene rings is 1. The Labute approximate surface area is 125 Å². The van der Waals surface area contributed by atoms with Crippen LogP contribution in [-0.2, 0) is 18.3 Å². The first-order valence-electron chi connectivity index (χ1n) is 7.92. The van der Waals surface area contributed by atoms with Crippen LogP contribution < -0.4 is 5.32 Å². The highest BCUT2D eigenvalue weighted by atomic mass is 16.1. The molecule has 21 heavy (non-hydrogen) atoms. The molecule has 1 saturated carbocycles. The van der Waals surface area contributed by atoms with Crippen LogP contribution in [0, 0.1) is 0 Å². The molecule has 0 atom stereocenters. The van der Waals surface area contributed by atoms with Gasteiger partial charge < -0.3 is 9.88 Å². The summed E-state index contributed by atoms with van der Waals surface area (Å²) in [6.07, 6.45) is 9.61. The van der Waals surface area contributed by atoms with Gasteiger partial charge in [-0.15, -0.1) is 0 Å². The number of aryl methyl sites for hydroxylation is 1. The Morgan fingerprint density at radius 3 is 2.81 bits per heavy atom. The average Bonchev–Trinajstić information content (AvgIpc) is 2.67. The van der Waals surface area contributed by atoms with Crippen molar-refractivity contribution in [3.63, 3.8) is 0 Å². The molecule has 0 aliphatic heterocycles. The highest BCUT2D eigenvalue weighted by Crippen LogP contribution is 2.18. The van der Waals surface area contributed by atoms with E-state index in [1.54, 1.807) is 6.33 Å². The molecule has 0 radical (unpaired) electrons. The molecule has 0 bridgehead atoms. The number of nitrogens with zero attached hydrogens (tertiary/aromatic N) is 2. The van der Waals surface area contributed by atoms with Gasteiger partial charge in [-0.3, -0.25) is 4.79 Å². The summed E-state index contributed by atoms with van der Waals surface area (Å²) in [5.74, 6) is 0.136. The van der Waals surface area contributed by atoms with Crippen molar-refractivity contribution in [2.24, 2.45) is 7.05 Å². The van der Waals surface area contributed by atoms with Gasteiger partial charge in [0.15, 0.2) is 0 Å². The van der Waals surface area contributed by atoms with Crippen molar-refractivity contribution in [3.05, 3.63) is 30.1 Å². The first-order chi connectivity index (χ1) is 10.2. The van der Waals surface area contributed by atoms with E-state index in [9.17, 15) is 4.79 Å². The molecule has 112 valence electrons. The maximum Gasteiger partial charge on any atom is 0.224 e. The second-order valence-electron chi connectivity index (χ2n) is 6.11. The lowest BCUT2D eigenvalue weighted by Crippen LogP contribution is -2.35. The fourth-order valence-electron chi connectivity index (χ4n) is 3.18. The number of nitrogens with one attached hydrogen (secondary N) is 1. The molecule has 1 aromatic heterocycles. The van der Waals surface area contributed by atoms with Crippen molar-refractivity contribution in [2.75, 3.05) is 0 Å². The van der Waals surface area contributed by atoms with Gasteiger partial charge in [0.1, 0.15) is 0 Å². The highest BCUT2D eigenvalue weighted by Gasteiger charge is 2.15. The second-order valence-corrected chi connectivity index (χ2v) is 6.11. The molecule has 1 fully saturated rings. The maximum atomic E-state index is 12.2. The smallest absolute Gasteiger partial charge is 0.224 e. The average molecular weight is 285 g/mol. The zero-order chi connectivity index (χ0) is 14.7. The molecular weight excluding hydrogens is 262 g/mol. The normalized spacial score (nSPS) is 16.8. The molecule has 4 heteroatoms. The van der Waals surface area contributed by atoms with Gasteiger partial charge in [-0.25, -0.2) is 4.98 Å². The number of carbonyl (C=O) groups is 1. The molecular formula is C17H23N3O. The van der Waals surface area contributed by atoms with Crippen LogP contribution in [0.1, 0.15) is 44.1 Å². The molecule has 1 N–H and O–H groups in total. The minimum absolute atomic E-state index is 0.136. The van der Waals surface area contributed by atoms with Crippen molar-refractivity contribution in [1.29, 1.82) is 0 Å². The molecule has 0 saturated heterocycles. The van der Waals surface area contributed by atoms with Crippen LogP contribution in [-0.4, -0.2) is 21.5 Å². The van der Waals surface area contributed by atoms with E-state index in [1.807, 2.05) is 29.8 Å². The Hall–Kier alpha value is -1.84. The minimum atomic E-state index is 0.136. The molecule has 4 nitrogen and oxygen atoms in total. The lowest BCUT2D eigenvalue weighted by molar-refractivity contribution is -0.121. The van der Waals surface area contributed by atoms with Gasteiger partial charge >= 0.3 is 0 Å². The number of hydrogen-bond donors (Lipinski definition) is 1. The molecule has 0 unspecified atom stereocenters. The SMILES string of the molecule is Cn1cnc2cc(CC(=O)NC3CCCCCC3)ccc21. The molecule has 1 heterocycles. The molecule has 3 rings (SSSR count). The van der Waals surface area contributed by atoms with Gasteiger partial charge in [0, 0.05) is 13.1 Å². The van der Waals surface area contributed by atoms with E-state index in [0.717, 1.165) is 29.4 Å². The summed E-state index contributed by atoms with van der Waals surface area (Å²) >= 11 is 0. The summed E-state index contributed by atoms with van der Waals surface area (Å²) in [6, 6.07) is 6.45. The van der Waals surface area contributed by atoms with E-state index in [-0.39, 0.29) is 5.91 Å². The van der Waals surface area contributed by atoms with Crippen LogP contribution >= 0.6 is 0 Å². The van der Waals surface area contributed by atoms with Gasteiger partial charge in [-0.1, -0.05) is 31.7 Å². The van der Waals surface area contributed by atoms with Crippen LogP contribution in [0.2, 0.25) is 0 Å². The Morgan fingerprint density at radius 2 is 2.05 bits per heavy atom. The van der Waals surface area contributed by atoms with E-state index < -0.39 is 0 Å². The zero-order valence-electron chi connectivity index (χ0n) is 12.6. The second kappa shape index (κ2) is 6.29. The fraction of sp³-hybridized carbons (Fsp3) is 0.529. The van der Waals surface area contributed by atoms with E-state index >= 15 is 0 Å². The zero-order valence-corrected chi connectivity index (χ0v) is 12.6. The van der Waals surface area contributed by atoms with Crippen molar-refractivity contribution in [1.82, 2.24) is 14.9 Å². The third-order valence-electron chi connectivity index (χ3n) is 4.37. The lowest BCUT2D eigenvalue weighted by atomic mass is 10.1. The monoisotopic (exact) mass is 285 g/mol. The van der Waals surface area contributed by atoms with Gasteiger partial charge in [0.2, 0.25) is 5.91 Å². The third kappa shape index (κ3) is 3.43. The van der Waals surface area contributed by atoms with Gasteiger partial charge in [0.05, 0.1) is 23.8 Å². The Bertz CT molecular complexity index is 624. The number of rotatable bonds is 3. The predicted molar refractivity (Wildman–Crippen MR) is 84.1 cm³/mol. The van der Waals surface area contributed by atoms with E-state index in [4.69, 9.17) is 0 Å². The maximum absolute atomic E-state index is 12.2. The van der Waals surface area contributed by atoms with E-state index in [2.05, 4.69) is 10.3 Å². The first-order valence-corrected chi connectivity index (χ1v) is 7.92. The topological polar surface area (TPSA) is 46.9 Å². The Morgan fingerprint density at radius 1 is 1.29 bits per heavy atom. The number of imidazole rings is 1. The molecule has 0 spiro atoms. The summed E-state index contributed by atoms with van der Waals surface area (Å²) in [4.78, 5) is 16.5. The van der Waals surface area contributed by atoms with Crippen molar-refractivity contribution in [2.45, 2.75) is 51.0 Å². The summed E-state index contributed by atoms with van der Waals surface area (Å²) in [5.41, 5.74) is 3.09. The lowest BCUT2D eigenvalue weighted by Gasteiger charge is -2.16. The predicted octanol–water partition coefficient (Wildman–Crippen LogP) is 2.95. The number of amides is 1. The summed E-state index contributed by atoms with van der Waals surface area (Å²) in [5, 5.41) is 3.20. The quantitative estimate of drug-likeness (QED) is 0.881. The summed E-state index contributed by atoms with van der Waals surface area (Å²) in [7, 11) is 1.98. The molecule has 1 aliphatic carbocycles. The van der Waals surface area contributed by atoms with Crippen LogP contribution in [0.4, 0.5) is 0 Å². The van der Waals surface area contributed by atoms with Crippen molar-refractivity contribution < 1.29 is 4.79 Å². The van der Waals surface area contributed by atoms with Gasteiger partial charge in [0.25, 0.3) is 0 Å². The first kappa shape index (κ1) is 14.1. The standard InChI is InChI=1S/C17H23N3O/c1-20-12-18-15-10-13(8-9-16(15)20)11-17(21)19-14-6-4-2-3-5-7-14/h8-10,12,14H,2-7,11H2,1H3,(H,19,21). The Balaban J connectivity index is 1.62. The Kier molecular flexibility index (Phi) is 4.23. The van der Waals surface area contributed by atoms with Crippen molar-refractivity contribution in [3.8, 4) is 0 Å². The van der Waals surface area contributed by atoms with Crippen LogP contribution in [0.5, 0.6) is 0 Å². The van der Waals surface area contributed by atoms with Gasteiger partial charge in [-0.2, -0.15) is 0 Å². The minimum Gasteiger partial charge on any atom is -0.353 e. The van der Waals surface area contributed by atoms with Crippen LogP contribution in [0.25, 0.3) is 11.0 Å². The largest absolute Gasteiger partial charge is 0.353 e. The fourth-order valence-corrected chi connectivity index (χ4v) is 3.18. The molecule has 2 aromatic rings. The highest BCUT2D eigenvalue weighted by molar-refractivity contribution is 5.82. The number of fused-ring (bicyclic) bond motifs is 1. The van der Waals surface area contributed by atoms with E-state index in [1.165, 1.54) is 25.7 Å². The summed E-state index contributed by atoms with van der Waals surface area (Å²) in [6.45, 7) is 0. The molecule has 1 amide bonds.